The Morgan fingerprint density at radius 2 is 2.00 bits per heavy atom. The standard InChI is InChI=1S/C22H26FN5O3/c1-14(29)25-16-5-7-17(8-6-16)26-22-24-12-19(23)21(27-22)15-3-2-4-18(11-15)28-9-10-31-13-20(28)30/h2-4,11-12,16-17H,5-10,13H2,1H3,(H,25,29)(H,24,26,27). The third kappa shape index (κ3) is 5.16. The average Bonchev–Trinajstić information content (AvgIpc) is 2.76. The Hall–Kier alpha value is -3.07. The SMILES string of the molecule is CC(=O)NC1CCC(Nc2ncc(F)c(-c3cccc(N4CCOCC4=O)c3)n2)CC1. The molecule has 0 bridgehead atoms. The molecule has 4 rings (SSSR count). The highest BCUT2D eigenvalue weighted by Gasteiger charge is 2.23. The molecule has 164 valence electrons. The molecule has 9 heteroatoms. The predicted octanol–water partition coefficient (Wildman–Crippen LogP) is 2.51. The van der Waals surface area contributed by atoms with Crippen molar-refractivity contribution in [3.05, 3.63) is 36.3 Å². The third-order valence-corrected chi connectivity index (χ3v) is 5.63. The van der Waals surface area contributed by atoms with E-state index in [9.17, 15) is 14.0 Å². The number of carbonyl (C=O) groups is 2. The number of halogens is 1. The van der Waals surface area contributed by atoms with E-state index >= 15 is 0 Å². The van der Waals surface area contributed by atoms with E-state index in [1.807, 2.05) is 6.07 Å². The molecule has 1 aromatic carbocycles. The van der Waals surface area contributed by atoms with Crippen LogP contribution in [0.15, 0.2) is 30.5 Å². The van der Waals surface area contributed by atoms with Crippen LogP contribution in [0.5, 0.6) is 0 Å². The quantitative estimate of drug-likeness (QED) is 0.761. The second-order valence-electron chi connectivity index (χ2n) is 7.93. The smallest absolute Gasteiger partial charge is 0.253 e. The normalized spacial score (nSPS) is 21.6. The van der Waals surface area contributed by atoms with Crippen LogP contribution in [-0.2, 0) is 14.3 Å². The van der Waals surface area contributed by atoms with Gasteiger partial charge < -0.3 is 20.3 Å². The summed E-state index contributed by atoms with van der Waals surface area (Å²) in [6, 6.07) is 7.50. The molecule has 2 N–H and O–H groups in total. The van der Waals surface area contributed by atoms with Crippen molar-refractivity contribution in [3.8, 4) is 11.3 Å². The van der Waals surface area contributed by atoms with Crippen LogP contribution in [0, 0.1) is 5.82 Å². The molecule has 2 heterocycles. The second-order valence-corrected chi connectivity index (χ2v) is 7.93. The number of nitrogens with one attached hydrogen (secondary N) is 2. The Morgan fingerprint density at radius 1 is 1.23 bits per heavy atom. The zero-order valence-electron chi connectivity index (χ0n) is 17.4. The number of anilines is 2. The van der Waals surface area contributed by atoms with Crippen molar-refractivity contribution < 1.29 is 18.7 Å². The van der Waals surface area contributed by atoms with Crippen LogP contribution in [0.2, 0.25) is 0 Å². The van der Waals surface area contributed by atoms with Crippen molar-refractivity contribution in [2.45, 2.75) is 44.7 Å². The summed E-state index contributed by atoms with van der Waals surface area (Å²) in [5.74, 6) is -0.287. The molecular formula is C22H26FN5O3. The first-order chi connectivity index (χ1) is 15.0. The first-order valence-electron chi connectivity index (χ1n) is 10.5. The van der Waals surface area contributed by atoms with Crippen LogP contribution in [0.25, 0.3) is 11.3 Å². The lowest BCUT2D eigenvalue weighted by molar-refractivity contribution is -0.125. The van der Waals surface area contributed by atoms with Gasteiger partial charge in [-0.2, -0.15) is 0 Å². The lowest BCUT2D eigenvalue weighted by Crippen LogP contribution is -2.41. The molecule has 31 heavy (non-hydrogen) atoms. The maximum atomic E-state index is 14.6. The van der Waals surface area contributed by atoms with Gasteiger partial charge >= 0.3 is 0 Å². The zero-order valence-corrected chi connectivity index (χ0v) is 17.4. The number of ether oxygens (including phenoxy) is 1. The first-order valence-corrected chi connectivity index (χ1v) is 10.5. The number of benzene rings is 1. The number of aromatic nitrogens is 2. The molecule has 2 aromatic rings. The van der Waals surface area contributed by atoms with Crippen LogP contribution in [0.1, 0.15) is 32.6 Å². The van der Waals surface area contributed by atoms with Crippen LogP contribution in [0.3, 0.4) is 0 Å². The fourth-order valence-corrected chi connectivity index (χ4v) is 4.10. The summed E-state index contributed by atoms with van der Waals surface area (Å²) in [5.41, 5.74) is 1.45. The minimum absolute atomic E-state index is 0.0103. The Balaban J connectivity index is 1.48. The van der Waals surface area contributed by atoms with Gasteiger partial charge in [-0.25, -0.2) is 14.4 Å². The Labute approximate surface area is 180 Å². The van der Waals surface area contributed by atoms with Gasteiger partial charge in [-0.1, -0.05) is 12.1 Å². The summed E-state index contributed by atoms with van der Waals surface area (Å²) in [6.07, 6.45) is 4.66. The lowest BCUT2D eigenvalue weighted by atomic mass is 9.91. The van der Waals surface area contributed by atoms with Crippen LogP contribution in [0.4, 0.5) is 16.0 Å². The largest absolute Gasteiger partial charge is 0.370 e. The Bertz CT molecular complexity index is 962. The first kappa shape index (κ1) is 21.2. The summed E-state index contributed by atoms with van der Waals surface area (Å²) in [4.78, 5) is 33.5. The highest BCUT2D eigenvalue weighted by Crippen LogP contribution is 2.28. The monoisotopic (exact) mass is 427 g/mol. The summed E-state index contributed by atoms with van der Waals surface area (Å²) >= 11 is 0. The van der Waals surface area contributed by atoms with E-state index in [1.165, 1.54) is 13.1 Å². The van der Waals surface area contributed by atoms with Crippen molar-refractivity contribution in [2.24, 2.45) is 0 Å². The van der Waals surface area contributed by atoms with Gasteiger partial charge in [0.15, 0.2) is 5.82 Å². The zero-order chi connectivity index (χ0) is 21.8. The molecule has 0 radical (unpaired) electrons. The maximum Gasteiger partial charge on any atom is 0.253 e. The Kier molecular flexibility index (Phi) is 6.41. The van der Waals surface area contributed by atoms with E-state index in [-0.39, 0.29) is 36.2 Å². The number of amides is 2. The molecule has 1 saturated carbocycles. The summed E-state index contributed by atoms with van der Waals surface area (Å²) in [5, 5.41) is 6.25. The fourth-order valence-electron chi connectivity index (χ4n) is 4.10. The van der Waals surface area contributed by atoms with Crippen molar-refractivity contribution in [2.75, 3.05) is 30.0 Å². The van der Waals surface area contributed by atoms with E-state index in [4.69, 9.17) is 4.74 Å². The van der Waals surface area contributed by atoms with Crippen molar-refractivity contribution >= 4 is 23.5 Å². The van der Waals surface area contributed by atoms with Crippen LogP contribution < -0.4 is 15.5 Å². The van der Waals surface area contributed by atoms with Gasteiger partial charge in [0.2, 0.25) is 11.9 Å². The molecule has 1 aliphatic carbocycles. The lowest BCUT2D eigenvalue weighted by Gasteiger charge is -2.29. The molecule has 1 aromatic heterocycles. The predicted molar refractivity (Wildman–Crippen MR) is 114 cm³/mol. The van der Waals surface area contributed by atoms with Crippen LogP contribution in [-0.4, -0.2) is 53.6 Å². The highest BCUT2D eigenvalue weighted by molar-refractivity contribution is 5.95. The fraction of sp³-hybridized carbons (Fsp3) is 0.455. The topological polar surface area (TPSA) is 96.5 Å². The summed E-state index contributed by atoms with van der Waals surface area (Å²) in [7, 11) is 0. The van der Waals surface area contributed by atoms with Gasteiger partial charge in [0, 0.05) is 36.8 Å². The minimum Gasteiger partial charge on any atom is -0.370 e. The third-order valence-electron chi connectivity index (χ3n) is 5.63. The van der Waals surface area contributed by atoms with E-state index in [2.05, 4.69) is 20.6 Å². The van der Waals surface area contributed by atoms with Gasteiger partial charge in [-0.15, -0.1) is 0 Å². The number of hydrogen-bond acceptors (Lipinski definition) is 6. The number of carbonyl (C=O) groups excluding carboxylic acids is 2. The maximum absolute atomic E-state index is 14.6. The molecule has 0 atom stereocenters. The molecule has 2 amide bonds. The van der Waals surface area contributed by atoms with Gasteiger partial charge in [0.25, 0.3) is 5.91 Å². The average molecular weight is 427 g/mol. The Morgan fingerprint density at radius 3 is 2.74 bits per heavy atom. The van der Waals surface area contributed by atoms with Crippen molar-refractivity contribution in [3.63, 3.8) is 0 Å². The highest BCUT2D eigenvalue weighted by atomic mass is 19.1. The molecule has 2 aliphatic rings. The minimum atomic E-state index is -0.523. The van der Waals surface area contributed by atoms with Gasteiger partial charge in [0.1, 0.15) is 12.3 Å². The van der Waals surface area contributed by atoms with Crippen LogP contribution >= 0.6 is 0 Å². The molecule has 2 fully saturated rings. The molecule has 8 nitrogen and oxygen atoms in total. The van der Waals surface area contributed by atoms with Crippen molar-refractivity contribution in [1.29, 1.82) is 0 Å². The summed E-state index contributed by atoms with van der Waals surface area (Å²) in [6.45, 7) is 2.51. The van der Waals surface area contributed by atoms with E-state index in [0.29, 0.717) is 30.4 Å². The van der Waals surface area contributed by atoms with Gasteiger partial charge in [-0.3, -0.25) is 9.59 Å². The number of nitrogens with zero attached hydrogens (tertiary/aromatic N) is 3. The molecule has 1 saturated heterocycles. The molecular weight excluding hydrogens is 401 g/mol. The van der Waals surface area contributed by atoms with Gasteiger partial charge in [0.05, 0.1) is 12.8 Å². The van der Waals surface area contributed by atoms with E-state index in [1.54, 1.807) is 23.1 Å². The number of morpholine rings is 1. The van der Waals surface area contributed by atoms with Crippen molar-refractivity contribution in [1.82, 2.24) is 15.3 Å². The molecule has 0 spiro atoms. The van der Waals surface area contributed by atoms with E-state index < -0.39 is 5.82 Å². The summed E-state index contributed by atoms with van der Waals surface area (Å²) < 4.78 is 19.7. The molecule has 0 unspecified atom stereocenters. The van der Waals surface area contributed by atoms with E-state index in [0.717, 1.165) is 25.7 Å². The molecule has 1 aliphatic heterocycles. The number of hydrogen-bond donors (Lipinski definition) is 2. The second kappa shape index (κ2) is 9.38. The van der Waals surface area contributed by atoms with Gasteiger partial charge in [-0.05, 0) is 37.8 Å². The number of rotatable bonds is 5.